The standard InChI is InChI=1S/2C8H16/c1-5-7-6(2)8(7,3)4;1-7(2)6-8(3,4)5/h6-7H,5H2,1-4H3;1,6H2,2-5H3. The molecule has 2 atom stereocenters. The van der Waals surface area contributed by atoms with Crippen molar-refractivity contribution in [2.45, 2.75) is 68.2 Å². The highest BCUT2D eigenvalue weighted by Gasteiger charge is 2.52. The van der Waals surface area contributed by atoms with E-state index in [-0.39, 0.29) is 0 Å². The van der Waals surface area contributed by atoms with Crippen molar-refractivity contribution in [1.82, 2.24) is 0 Å². The van der Waals surface area contributed by atoms with E-state index in [4.69, 9.17) is 0 Å². The molecule has 2 unspecified atom stereocenters. The van der Waals surface area contributed by atoms with Crippen molar-refractivity contribution in [3.63, 3.8) is 0 Å². The Morgan fingerprint density at radius 1 is 1.25 bits per heavy atom. The van der Waals surface area contributed by atoms with Crippen molar-refractivity contribution in [2.24, 2.45) is 22.7 Å². The molecule has 0 aromatic rings. The molecule has 0 heterocycles. The van der Waals surface area contributed by atoms with E-state index in [1.165, 1.54) is 12.0 Å². The second-order valence-electron chi connectivity index (χ2n) is 7.32. The lowest BCUT2D eigenvalue weighted by Crippen LogP contribution is -2.03. The number of allylic oxidation sites excluding steroid dienone is 1. The van der Waals surface area contributed by atoms with E-state index in [1.54, 1.807) is 0 Å². The van der Waals surface area contributed by atoms with E-state index in [0.29, 0.717) is 10.8 Å². The minimum atomic E-state index is 0.422. The van der Waals surface area contributed by atoms with Gasteiger partial charge in [0.05, 0.1) is 0 Å². The van der Waals surface area contributed by atoms with Crippen molar-refractivity contribution in [1.29, 1.82) is 0 Å². The van der Waals surface area contributed by atoms with E-state index in [9.17, 15) is 0 Å². The molecule has 1 fully saturated rings. The zero-order chi connectivity index (χ0) is 13.1. The van der Waals surface area contributed by atoms with Crippen LogP contribution in [0.4, 0.5) is 0 Å². The topological polar surface area (TPSA) is 0 Å². The molecular weight excluding hydrogens is 192 g/mol. The molecule has 1 rings (SSSR count). The predicted octanol–water partition coefficient (Wildman–Crippen LogP) is 5.69. The third kappa shape index (κ3) is 5.18. The molecule has 0 nitrogen and oxygen atoms in total. The number of hydrogen-bond donors (Lipinski definition) is 0. The average Bonchev–Trinajstić information content (AvgIpc) is 2.46. The molecule has 0 radical (unpaired) electrons. The monoisotopic (exact) mass is 224 g/mol. The Balaban J connectivity index is 0.000000281. The van der Waals surface area contributed by atoms with Gasteiger partial charge in [-0.25, -0.2) is 0 Å². The molecule has 1 aliphatic carbocycles. The van der Waals surface area contributed by atoms with Gasteiger partial charge in [0.15, 0.2) is 0 Å². The maximum atomic E-state index is 3.84. The van der Waals surface area contributed by atoms with Crippen LogP contribution in [0.25, 0.3) is 0 Å². The van der Waals surface area contributed by atoms with E-state index >= 15 is 0 Å². The zero-order valence-corrected chi connectivity index (χ0v) is 12.8. The lowest BCUT2D eigenvalue weighted by atomic mass is 9.89. The summed E-state index contributed by atoms with van der Waals surface area (Å²) >= 11 is 0. The molecule has 0 saturated heterocycles. The van der Waals surface area contributed by atoms with Crippen molar-refractivity contribution in [3.05, 3.63) is 12.2 Å². The summed E-state index contributed by atoms with van der Waals surface area (Å²) in [5.74, 6) is 2.00. The molecule has 0 amide bonds. The largest absolute Gasteiger partial charge is 0.100 e. The summed E-state index contributed by atoms with van der Waals surface area (Å²) in [6, 6.07) is 0. The van der Waals surface area contributed by atoms with Gasteiger partial charge in [0.2, 0.25) is 0 Å². The third-order valence-corrected chi connectivity index (χ3v) is 3.90. The Morgan fingerprint density at radius 3 is 1.62 bits per heavy atom. The number of hydrogen-bond acceptors (Lipinski definition) is 0. The Morgan fingerprint density at radius 2 is 1.62 bits per heavy atom. The van der Waals surface area contributed by atoms with Gasteiger partial charge in [-0.3, -0.25) is 0 Å². The van der Waals surface area contributed by atoms with Crippen molar-refractivity contribution in [3.8, 4) is 0 Å². The molecule has 0 bridgehead atoms. The first-order valence-corrected chi connectivity index (χ1v) is 6.66. The van der Waals surface area contributed by atoms with Gasteiger partial charge >= 0.3 is 0 Å². The summed E-state index contributed by atoms with van der Waals surface area (Å²) in [6.45, 7) is 22.0. The fourth-order valence-corrected chi connectivity index (χ4v) is 2.80. The first-order chi connectivity index (χ1) is 7.02. The fourth-order valence-electron chi connectivity index (χ4n) is 2.80. The molecule has 0 aliphatic heterocycles. The molecule has 0 heteroatoms. The van der Waals surface area contributed by atoms with Crippen LogP contribution in [0.15, 0.2) is 12.2 Å². The average molecular weight is 224 g/mol. The van der Waals surface area contributed by atoms with Gasteiger partial charge in [-0.2, -0.15) is 0 Å². The minimum Gasteiger partial charge on any atom is -0.100 e. The summed E-state index contributed by atoms with van der Waals surface area (Å²) in [7, 11) is 0. The van der Waals surface area contributed by atoms with Gasteiger partial charge < -0.3 is 0 Å². The molecule has 96 valence electrons. The van der Waals surface area contributed by atoms with Crippen LogP contribution in [-0.4, -0.2) is 0 Å². The van der Waals surface area contributed by atoms with E-state index in [0.717, 1.165) is 18.3 Å². The lowest BCUT2D eigenvalue weighted by Gasteiger charge is -2.17. The second-order valence-corrected chi connectivity index (χ2v) is 7.32. The van der Waals surface area contributed by atoms with Crippen LogP contribution in [0, 0.1) is 22.7 Å². The lowest BCUT2D eigenvalue weighted by molar-refractivity contribution is 0.410. The molecule has 16 heavy (non-hydrogen) atoms. The van der Waals surface area contributed by atoms with E-state index in [2.05, 4.69) is 62.0 Å². The van der Waals surface area contributed by atoms with E-state index < -0.39 is 0 Å². The molecule has 0 N–H and O–H groups in total. The molecular formula is C16H32. The van der Waals surface area contributed by atoms with Gasteiger partial charge in [-0.15, -0.1) is 6.58 Å². The molecule has 0 aromatic heterocycles. The molecule has 0 aromatic carbocycles. The number of rotatable bonds is 2. The summed E-state index contributed by atoms with van der Waals surface area (Å²) in [4.78, 5) is 0. The van der Waals surface area contributed by atoms with Crippen LogP contribution >= 0.6 is 0 Å². The van der Waals surface area contributed by atoms with Gasteiger partial charge in [0.1, 0.15) is 0 Å². The van der Waals surface area contributed by atoms with Gasteiger partial charge in [0, 0.05) is 0 Å². The first-order valence-electron chi connectivity index (χ1n) is 6.66. The smallest absolute Gasteiger partial charge is 0.0277 e. The molecule has 1 aliphatic rings. The SMILES string of the molecule is C=C(C)CC(C)(C)C.CCC1C(C)C1(C)C. The summed E-state index contributed by atoms with van der Waals surface area (Å²) in [6.07, 6.45) is 2.50. The van der Waals surface area contributed by atoms with E-state index in [1.807, 2.05) is 0 Å². The highest BCUT2D eigenvalue weighted by atomic mass is 14.6. The molecule has 0 spiro atoms. The first kappa shape index (κ1) is 15.7. The summed E-state index contributed by atoms with van der Waals surface area (Å²) in [5, 5.41) is 0. The Labute approximate surface area is 104 Å². The maximum absolute atomic E-state index is 3.84. The Kier molecular flexibility index (Phi) is 5.29. The van der Waals surface area contributed by atoms with Crippen LogP contribution < -0.4 is 0 Å². The van der Waals surface area contributed by atoms with Gasteiger partial charge in [0.25, 0.3) is 0 Å². The maximum Gasteiger partial charge on any atom is -0.0277 e. The summed E-state index contributed by atoms with van der Waals surface area (Å²) < 4.78 is 0. The van der Waals surface area contributed by atoms with Crippen molar-refractivity contribution in [2.75, 3.05) is 0 Å². The second kappa shape index (κ2) is 5.38. The highest BCUT2D eigenvalue weighted by molar-refractivity contribution is 5.01. The van der Waals surface area contributed by atoms with Crippen LogP contribution in [0.5, 0.6) is 0 Å². The minimum absolute atomic E-state index is 0.422. The van der Waals surface area contributed by atoms with Crippen LogP contribution in [0.2, 0.25) is 0 Å². The van der Waals surface area contributed by atoms with Crippen molar-refractivity contribution < 1.29 is 0 Å². The molecule has 1 saturated carbocycles. The van der Waals surface area contributed by atoms with Crippen LogP contribution in [-0.2, 0) is 0 Å². The fraction of sp³-hybridized carbons (Fsp3) is 0.875. The van der Waals surface area contributed by atoms with Crippen LogP contribution in [0.3, 0.4) is 0 Å². The Hall–Kier alpha value is -0.260. The Bertz CT molecular complexity index is 227. The van der Waals surface area contributed by atoms with Crippen molar-refractivity contribution >= 4 is 0 Å². The highest BCUT2D eigenvalue weighted by Crippen LogP contribution is 2.59. The normalized spacial score (nSPS) is 26.8. The van der Waals surface area contributed by atoms with Crippen LogP contribution in [0.1, 0.15) is 68.2 Å². The van der Waals surface area contributed by atoms with Gasteiger partial charge in [-0.05, 0) is 36.0 Å². The summed E-state index contributed by atoms with van der Waals surface area (Å²) in [5.41, 5.74) is 2.37. The zero-order valence-electron chi connectivity index (χ0n) is 12.8. The third-order valence-electron chi connectivity index (χ3n) is 3.90. The van der Waals surface area contributed by atoms with Gasteiger partial charge in [-0.1, -0.05) is 60.5 Å². The predicted molar refractivity (Wildman–Crippen MR) is 75.6 cm³/mol. The quantitative estimate of drug-likeness (QED) is 0.529.